The Bertz CT molecular complexity index is 359. The molecule has 0 aromatic heterocycles. The summed E-state index contributed by atoms with van der Waals surface area (Å²) in [5.41, 5.74) is 0. The van der Waals surface area contributed by atoms with Gasteiger partial charge in [0.05, 0.1) is 19.5 Å². The Morgan fingerprint density at radius 3 is 2.29 bits per heavy atom. The van der Waals surface area contributed by atoms with E-state index in [0.717, 1.165) is 21.7 Å². The molecule has 0 saturated carbocycles. The molecule has 104 valence electrons. The minimum Gasteiger partial charge on any atom is -0.381 e. The summed E-state index contributed by atoms with van der Waals surface area (Å²) < 4.78 is 46.1. The first kappa shape index (κ1) is 17.4. The minimum absolute atomic E-state index is 0.193. The average Bonchev–Trinajstić information content (AvgIpc) is 2.22. The van der Waals surface area contributed by atoms with Gasteiger partial charge in [-0.1, -0.05) is 11.4 Å². The van der Waals surface area contributed by atoms with Gasteiger partial charge in [-0.25, -0.2) is 8.42 Å². The second kappa shape index (κ2) is 7.76. The van der Waals surface area contributed by atoms with Gasteiger partial charge in [0.25, 0.3) is 0 Å². The smallest absolute Gasteiger partial charge is 0.342 e. The Morgan fingerprint density at radius 1 is 1.29 bits per heavy atom. The molecule has 0 saturated heterocycles. The maximum atomic E-state index is 12.4. The number of ether oxygens (including phenoxy) is 1. The van der Waals surface area contributed by atoms with Gasteiger partial charge in [-0.15, -0.1) is 4.08 Å². The molecule has 1 unspecified atom stereocenters. The van der Waals surface area contributed by atoms with Crippen molar-refractivity contribution in [1.82, 2.24) is 4.08 Å². The van der Waals surface area contributed by atoms with Gasteiger partial charge in [-0.05, 0) is 13.8 Å². The summed E-state index contributed by atoms with van der Waals surface area (Å²) in [6.07, 6.45) is 1.00. The Morgan fingerprint density at radius 2 is 1.88 bits per heavy atom. The molecule has 0 N–H and O–H groups in total. The van der Waals surface area contributed by atoms with Gasteiger partial charge >= 0.3 is 6.72 Å². The molecular formula is C8H20NO5PS2. The van der Waals surface area contributed by atoms with Crippen LogP contribution in [0.3, 0.4) is 0 Å². The van der Waals surface area contributed by atoms with Crippen molar-refractivity contribution in [1.29, 1.82) is 0 Å². The number of nitrogens with zero attached hydrogens (tertiary/aromatic N) is 1. The van der Waals surface area contributed by atoms with Gasteiger partial charge in [0, 0.05) is 19.4 Å². The van der Waals surface area contributed by atoms with Gasteiger partial charge in [0.1, 0.15) is 0 Å². The van der Waals surface area contributed by atoms with Gasteiger partial charge < -0.3 is 9.26 Å². The van der Waals surface area contributed by atoms with Crippen molar-refractivity contribution in [2.75, 3.05) is 38.9 Å². The third-order valence-electron chi connectivity index (χ3n) is 1.80. The predicted octanol–water partition coefficient (Wildman–Crippen LogP) is 1.79. The van der Waals surface area contributed by atoms with Crippen LogP contribution in [0.1, 0.15) is 13.8 Å². The van der Waals surface area contributed by atoms with Crippen LogP contribution < -0.4 is 0 Å². The van der Waals surface area contributed by atoms with Crippen molar-refractivity contribution in [3.05, 3.63) is 0 Å². The van der Waals surface area contributed by atoms with Crippen molar-refractivity contribution in [3.63, 3.8) is 0 Å². The van der Waals surface area contributed by atoms with E-state index >= 15 is 0 Å². The zero-order valence-corrected chi connectivity index (χ0v) is 13.1. The fraction of sp³-hybridized carbons (Fsp3) is 1.00. The summed E-state index contributed by atoms with van der Waals surface area (Å²) in [7, 11) is -2.28. The molecule has 6 nitrogen and oxygen atoms in total. The topological polar surface area (TPSA) is 72.9 Å². The quantitative estimate of drug-likeness (QED) is 0.478. The SMILES string of the molecule is CCOCCSP(=O)(OCC)N(C)S(C)(=O)=O. The van der Waals surface area contributed by atoms with E-state index in [-0.39, 0.29) is 6.61 Å². The van der Waals surface area contributed by atoms with Crippen LogP contribution in [0.15, 0.2) is 0 Å². The minimum atomic E-state index is -3.54. The third-order valence-corrected chi connectivity index (χ3v) is 9.14. The van der Waals surface area contributed by atoms with Gasteiger partial charge in [-0.2, -0.15) is 0 Å². The molecule has 0 fully saturated rings. The highest BCUT2D eigenvalue weighted by Crippen LogP contribution is 2.62. The molecule has 0 aromatic rings. The molecule has 0 aliphatic carbocycles. The Labute approximate surface area is 107 Å². The summed E-state index contributed by atoms with van der Waals surface area (Å²) in [4.78, 5) is 0. The largest absolute Gasteiger partial charge is 0.381 e. The first-order valence-electron chi connectivity index (χ1n) is 5.19. The second-order valence-corrected chi connectivity index (χ2v) is 10.0. The summed E-state index contributed by atoms with van der Waals surface area (Å²) >= 11 is 0.978. The summed E-state index contributed by atoms with van der Waals surface area (Å²) in [5.74, 6) is 0.422. The summed E-state index contributed by atoms with van der Waals surface area (Å²) in [6, 6.07) is 0. The molecule has 0 aliphatic rings. The number of sulfonamides is 1. The highest BCUT2D eigenvalue weighted by Gasteiger charge is 2.35. The summed E-state index contributed by atoms with van der Waals surface area (Å²) in [5, 5.41) is 0. The van der Waals surface area contributed by atoms with E-state index in [1.807, 2.05) is 6.92 Å². The lowest BCUT2D eigenvalue weighted by Gasteiger charge is -2.24. The molecule has 0 rings (SSSR count). The van der Waals surface area contributed by atoms with Crippen LogP contribution in [0.2, 0.25) is 0 Å². The number of rotatable bonds is 9. The van der Waals surface area contributed by atoms with Crippen LogP contribution in [0, 0.1) is 0 Å². The maximum absolute atomic E-state index is 12.4. The molecule has 0 aromatic carbocycles. The van der Waals surface area contributed by atoms with Gasteiger partial charge in [-0.3, -0.25) is 4.57 Å². The lowest BCUT2D eigenvalue weighted by Crippen LogP contribution is -2.22. The fourth-order valence-electron chi connectivity index (χ4n) is 0.901. The van der Waals surface area contributed by atoms with E-state index in [2.05, 4.69) is 0 Å². The fourth-order valence-corrected chi connectivity index (χ4v) is 7.10. The first-order valence-corrected chi connectivity index (χ1v) is 10.2. The Hall–Kier alpha value is 0.410. The third kappa shape index (κ3) is 6.22. The highest BCUT2D eigenvalue weighted by molar-refractivity contribution is 8.56. The van der Waals surface area contributed by atoms with Crippen molar-refractivity contribution < 1.29 is 22.2 Å². The van der Waals surface area contributed by atoms with Crippen LogP contribution in [0.4, 0.5) is 0 Å². The summed E-state index contributed by atoms with van der Waals surface area (Å²) in [6.45, 7) is 1.32. The molecule has 0 aliphatic heterocycles. The second-order valence-electron chi connectivity index (χ2n) is 3.11. The standard InChI is InChI=1S/C8H20NO5PS2/c1-5-13-7-8-16-15(10,14-6-2)9(3)17(4,11)12/h5-8H2,1-4H3. The number of hydrogen-bond acceptors (Lipinski definition) is 6. The lowest BCUT2D eigenvalue weighted by molar-refractivity contribution is 0.164. The van der Waals surface area contributed by atoms with Crippen LogP contribution in [0.25, 0.3) is 0 Å². The average molecular weight is 305 g/mol. The van der Waals surface area contributed by atoms with Gasteiger partial charge in [0.15, 0.2) is 0 Å². The molecule has 17 heavy (non-hydrogen) atoms. The van der Waals surface area contributed by atoms with Crippen molar-refractivity contribution in [2.45, 2.75) is 13.8 Å². The van der Waals surface area contributed by atoms with Crippen LogP contribution >= 0.6 is 18.1 Å². The molecule has 0 radical (unpaired) electrons. The van der Waals surface area contributed by atoms with Crippen LogP contribution in [-0.2, 0) is 23.8 Å². The van der Waals surface area contributed by atoms with E-state index in [1.54, 1.807) is 6.92 Å². The normalized spacial score (nSPS) is 16.1. The maximum Gasteiger partial charge on any atom is 0.342 e. The van der Waals surface area contributed by atoms with Crippen molar-refractivity contribution in [3.8, 4) is 0 Å². The Balaban J connectivity index is 4.62. The van der Waals surface area contributed by atoms with Crippen molar-refractivity contribution >= 4 is 28.1 Å². The van der Waals surface area contributed by atoms with E-state index in [4.69, 9.17) is 9.26 Å². The first-order chi connectivity index (χ1) is 7.78. The molecule has 0 amide bonds. The molecule has 0 heterocycles. The molecule has 1 atom stereocenters. The van der Waals surface area contributed by atoms with E-state index in [0.29, 0.717) is 19.0 Å². The number of hydrogen-bond donors (Lipinski definition) is 0. The van der Waals surface area contributed by atoms with Crippen molar-refractivity contribution in [2.24, 2.45) is 0 Å². The zero-order chi connectivity index (χ0) is 13.5. The Kier molecular flexibility index (Phi) is 7.95. The van der Waals surface area contributed by atoms with Gasteiger partial charge in [0.2, 0.25) is 10.0 Å². The predicted molar refractivity (Wildman–Crippen MR) is 70.8 cm³/mol. The van der Waals surface area contributed by atoms with E-state index < -0.39 is 16.7 Å². The molecule has 0 spiro atoms. The van der Waals surface area contributed by atoms with E-state index in [1.165, 1.54) is 7.05 Å². The lowest BCUT2D eigenvalue weighted by atomic mass is 10.8. The van der Waals surface area contributed by atoms with Crippen LogP contribution in [-0.4, -0.2) is 51.4 Å². The van der Waals surface area contributed by atoms with Crippen LogP contribution in [0.5, 0.6) is 0 Å². The van der Waals surface area contributed by atoms with E-state index in [9.17, 15) is 13.0 Å². The molecule has 9 heteroatoms. The highest BCUT2D eigenvalue weighted by atomic mass is 32.7. The molecular weight excluding hydrogens is 285 g/mol. The zero-order valence-electron chi connectivity index (χ0n) is 10.6. The molecule has 0 bridgehead atoms. The monoisotopic (exact) mass is 305 g/mol.